The van der Waals surface area contributed by atoms with Crippen molar-refractivity contribution in [3.05, 3.63) is 34.9 Å². The number of hydrogen-bond acceptors (Lipinski definition) is 2. The van der Waals surface area contributed by atoms with Crippen molar-refractivity contribution in [1.29, 1.82) is 0 Å². The van der Waals surface area contributed by atoms with Crippen molar-refractivity contribution >= 4 is 23.2 Å². The minimum Gasteiger partial charge on any atom is -0.346 e. The van der Waals surface area contributed by atoms with Gasteiger partial charge in [-0.05, 0) is 6.07 Å². The van der Waals surface area contributed by atoms with E-state index in [1.54, 1.807) is 0 Å². The van der Waals surface area contributed by atoms with Crippen LogP contribution in [0, 0.1) is 0 Å². The van der Waals surface area contributed by atoms with E-state index in [1.807, 2.05) is 24.3 Å². The third kappa shape index (κ3) is 2.04. The van der Waals surface area contributed by atoms with Crippen LogP contribution < -0.4 is 0 Å². The molecule has 1 heterocycles. The number of halogens is 2. The molecule has 0 amide bonds. The second-order valence-corrected chi connectivity index (χ2v) is 3.81. The molecule has 2 nitrogen and oxygen atoms in total. The van der Waals surface area contributed by atoms with Gasteiger partial charge in [0.25, 0.3) is 0 Å². The van der Waals surface area contributed by atoms with Gasteiger partial charge in [0, 0.05) is 10.6 Å². The summed E-state index contributed by atoms with van der Waals surface area (Å²) < 4.78 is 11.0. The van der Waals surface area contributed by atoms with Crippen molar-refractivity contribution < 1.29 is 9.47 Å². The first-order valence-corrected chi connectivity index (χ1v) is 5.30. The Bertz CT molecular complexity index is 317. The Hall–Kier alpha value is -0.280. The van der Waals surface area contributed by atoms with Gasteiger partial charge in [-0.2, -0.15) is 0 Å². The molecule has 14 heavy (non-hydrogen) atoms. The lowest BCUT2D eigenvalue weighted by Gasteiger charge is -2.11. The Morgan fingerprint density at radius 1 is 1.36 bits per heavy atom. The quantitative estimate of drug-likeness (QED) is 0.731. The van der Waals surface area contributed by atoms with E-state index in [-0.39, 0.29) is 12.4 Å². The summed E-state index contributed by atoms with van der Waals surface area (Å²) in [4.78, 5) is 0. The Labute approximate surface area is 92.7 Å². The third-order valence-electron chi connectivity index (χ3n) is 2.08. The van der Waals surface area contributed by atoms with E-state index in [0.717, 1.165) is 5.56 Å². The summed E-state index contributed by atoms with van der Waals surface area (Å²) in [5, 5.41) is 0.660. The molecule has 1 aliphatic heterocycles. The van der Waals surface area contributed by atoms with Gasteiger partial charge in [0.1, 0.15) is 0 Å². The Balaban J connectivity index is 2.13. The molecule has 0 unspecified atom stereocenters. The van der Waals surface area contributed by atoms with E-state index in [2.05, 4.69) is 0 Å². The van der Waals surface area contributed by atoms with Gasteiger partial charge in [-0.3, -0.25) is 0 Å². The van der Waals surface area contributed by atoms with E-state index in [4.69, 9.17) is 32.7 Å². The molecular weight excluding hydrogens is 223 g/mol. The monoisotopic (exact) mass is 232 g/mol. The van der Waals surface area contributed by atoms with Gasteiger partial charge in [-0.15, -0.1) is 11.6 Å². The lowest BCUT2D eigenvalue weighted by Crippen LogP contribution is -2.10. The largest absolute Gasteiger partial charge is 0.346 e. The maximum Gasteiger partial charge on any atom is 0.185 e. The van der Waals surface area contributed by atoms with Crippen LogP contribution in [0.4, 0.5) is 0 Å². The SMILES string of the molecule is ClC[C@H]1CO[C@@H](c2ccccc2Cl)O1. The van der Waals surface area contributed by atoms with E-state index in [1.165, 1.54) is 0 Å². The zero-order valence-corrected chi connectivity index (χ0v) is 8.96. The van der Waals surface area contributed by atoms with E-state index < -0.39 is 0 Å². The fraction of sp³-hybridized carbons (Fsp3) is 0.400. The predicted molar refractivity (Wildman–Crippen MR) is 55.7 cm³/mol. The second kappa shape index (κ2) is 4.49. The molecule has 2 atom stereocenters. The van der Waals surface area contributed by atoms with Gasteiger partial charge < -0.3 is 9.47 Å². The van der Waals surface area contributed by atoms with Gasteiger partial charge in [0.05, 0.1) is 18.6 Å². The van der Waals surface area contributed by atoms with Gasteiger partial charge in [-0.25, -0.2) is 0 Å². The Morgan fingerprint density at radius 2 is 2.14 bits per heavy atom. The molecule has 2 rings (SSSR count). The third-order valence-corrected chi connectivity index (χ3v) is 2.77. The summed E-state index contributed by atoms with van der Waals surface area (Å²) in [5.41, 5.74) is 0.863. The van der Waals surface area contributed by atoms with Gasteiger partial charge in [-0.1, -0.05) is 29.8 Å². The number of hydrogen-bond donors (Lipinski definition) is 0. The van der Waals surface area contributed by atoms with Gasteiger partial charge in [0.2, 0.25) is 0 Å². The van der Waals surface area contributed by atoms with Crippen molar-refractivity contribution in [1.82, 2.24) is 0 Å². The van der Waals surface area contributed by atoms with E-state index in [9.17, 15) is 0 Å². The first-order chi connectivity index (χ1) is 6.81. The molecule has 0 radical (unpaired) electrons. The van der Waals surface area contributed by atoms with Crippen LogP contribution in [0.25, 0.3) is 0 Å². The van der Waals surface area contributed by atoms with Crippen molar-refractivity contribution in [2.75, 3.05) is 12.5 Å². The van der Waals surface area contributed by atoms with Crippen molar-refractivity contribution in [2.45, 2.75) is 12.4 Å². The highest BCUT2D eigenvalue weighted by molar-refractivity contribution is 6.31. The van der Waals surface area contributed by atoms with Crippen LogP contribution in [-0.4, -0.2) is 18.6 Å². The zero-order chi connectivity index (χ0) is 9.97. The normalized spacial score (nSPS) is 26.7. The highest BCUT2D eigenvalue weighted by atomic mass is 35.5. The first kappa shape index (κ1) is 10.2. The summed E-state index contributed by atoms with van der Waals surface area (Å²) in [6.45, 7) is 0.527. The van der Waals surface area contributed by atoms with Crippen LogP contribution in [0.1, 0.15) is 11.9 Å². The van der Waals surface area contributed by atoms with Crippen LogP contribution in [-0.2, 0) is 9.47 Å². The van der Waals surface area contributed by atoms with Crippen molar-refractivity contribution in [2.24, 2.45) is 0 Å². The van der Waals surface area contributed by atoms with Crippen molar-refractivity contribution in [3.63, 3.8) is 0 Å². The van der Waals surface area contributed by atoms with Crippen LogP contribution in [0.3, 0.4) is 0 Å². The molecule has 0 aliphatic carbocycles. The average Bonchev–Trinajstić information content (AvgIpc) is 2.67. The molecular formula is C10H10Cl2O2. The Kier molecular flexibility index (Phi) is 3.29. The molecule has 76 valence electrons. The fourth-order valence-corrected chi connectivity index (χ4v) is 1.74. The van der Waals surface area contributed by atoms with Crippen LogP contribution in [0.2, 0.25) is 5.02 Å². The highest BCUT2D eigenvalue weighted by Crippen LogP contribution is 2.31. The topological polar surface area (TPSA) is 18.5 Å². The average molecular weight is 233 g/mol. The zero-order valence-electron chi connectivity index (χ0n) is 7.45. The molecule has 1 aromatic carbocycles. The predicted octanol–water partition coefficient (Wildman–Crippen LogP) is 2.99. The molecule has 4 heteroatoms. The number of alkyl halides is 1. The summed E-state index contributed by atoms with van der Waals surface area (Å²) in [6.07, 6.45) is -0.398. The maximum atomic E-state index is 6.00. The summed E-state index contributed by atoms with van der Waals surface area (Å²) >= 11 is 11.7. The molecule has 0 N–H and O–H groups in total. The second-order valence-electron chi connectivity index (χ2n) is 3.10. The van der Waals surface area contributed by atoms with Crippen LogP contribution in [0.15, 0.2) is 24.3 Å². The molecule has 1 aliphatic rings. The minimum absolute atomic E-state index is 0.0297. The summed E-state index contributed by atoms with van der Waals surface area (Å²) in [5.74, 6) is 0.445. The molecule has 1 fully saturated rings. The van der Waals surface area contributed by atoms with Crippen molar-refractivity contribution in [3.8, 4) is 0 Å². The lowest BCUT2D eigenvalue weighted by molar-refractivity contribution is -0.0566. The number of rotatable bonds is 2. The lowest BCUT2D eigenvalue weighted by atomic mass is 10.2. The van der Waals surface area contributed by atoms with Crippen LogP contribution >= 0.6 is 23.2 Å². The molecule has 0 spiro atoms. The first-order valence-electron chi connectivity index (χ1n) is 4.38. The maximum absolute atomic E-state index is 6.00. The molecule has 0 saturated carbocycles. The van der Waals surface area contributed by atoms with Gasteiger partial charge in [0.15, 0.2) is 6.29 Å². The number of benzene rings is 1. The Morgan fingerprint density at radius 3 is 2.79 bits per heavy atom. The number of ether oxygens (including phenoxy) is 2. The molecule has 0 aromatic heterocycles. The molecule has 0 bridgehead atoms. The minimum atomic E-state index is -0.368. The van der Waals surface area contributed by atoms with Gasteiger partial charge >= 0.3 is 0 Å². The van der Waals surface area contributed by atoms with E-state index >= 15 is 0 Å². The van der Waals surface area contributed by atoms with Crippen LogP contribution in [0.5, 0.6) is 0 Å². The summed E-state index contributed by atoms with van der Waals surface area (Å²) in [7, 11) is 0. The summed E-state index contributed by atoms with van der Waals surface area (Å²) in [6, 6.07) is 7.49. The van der Waals surface area contributed by atoms with E-state index in [0.29, 0.717) is 17.5 Å². The highest BCUT2D eigenvalue weighted by Gasteiger charge is 2.27. The molecule has 1 aromatic rings. The smallest absolute Gasteiger partial charge is 0.185 e. The molecule has 1 saturated heterocycles. The standard InChI is InChI=1S/C10H10Cl2O2/c11-5-7-6-13-10(14-7)8-3-1-2-4-9(8)12/h1-4,7,10H,5-6H2/t7-,10+/m0/s1. The fourth-order valence-electron chi connectivity index (χ4n) is 1.36.